The average Bonchev–Trinajstić information content (AvgIpc) is 1.61. The minimum absolute atomic E-state index is 0. The van der Waals surface area contributed by atoms with Gasteiger partial charge in [-0.2, -0.15) is 0 Å². The van der Waals surface area contributed by atoms with Crippen molar-refractivity contribution in [1.82, 2.24) is 0 Å². The number of carboxylic acid groups (broad SMARTS) is 2. The van der Waals surface area contributed by atoms with E-state index >= 15 is 0 Å². The summed E-state index contributed by atoms with van der Waals surface area (Å²) < 4.78 is 0. The smallest absolute Gasteiger partial charge is 1.00 e. The Labute approximate surface area is 105 Å². The van der Waals surface area contributed by atoms with Gasteiger partial charge in [0.15, 0.2) is 0 Å². The topological polar surface area (TPSA) is 74.6 Å². The number of carbonyl (C=O) groups is 2. The van der Waals surface area contributed by atoms with E-state index in [9.17, 15) is 9.59 Å². The van der Waals surface area contributed by atoms with E-state index in [1.54, 1.807) is 0 Å². The Bertz CT molecular complexity index is 131. The van der Waals surface area contributed by atoms with Gasteiger partial charge >= 0.3 is 49.7 Å². The predicted octanol–water partition coefficient (Wildman–Crippen LogP) is -6.66. The van der Waals surface area contributed by atoms with E-state index in [1.807, 2.05) is 0 Å². The van der Waals surface area contributed by atoms with Crippen molar-refractivity contribution in [2.75, 3.05) is 0 Å². The van der Waals surface area contributed by atoms with Crippen LogP contribution in [0.3, 0.4) is 0 Å². The third kappa shape index (κ3) is 25.1. The summed E-state index contributed by atoms with van der Waals surface area (Å²) in [5.74, 6) is -2.51. The number of hydrogen-bond acceptors (Lipinski definition) is 2. The van der Waals surface area contributed by atoms with E-state index in [2.05, 4.69) is 0 Å². The molecule has 0 amide bonds. The maximum absolute atomic E-state index is 9.55. The Balaban J connectivity index is -0.0000000817. The summed E-state index contributed by atoms with van der Waals surface area (Å²) >= 11 is 0. The van der Waals surface area contributed by atoms with Gasteiger partial charge < -0.3 is 35.0 Å². The fourth-order valence-electron chi connectivity index (χ4n) is 0.143. The Kier molecular flexibility index (Phi) is 26.9. The second-order valence-corrected chi connectivity index (χ2v) is 1.01. The van der Waals surface area contributed by atoms with Gasteiger partial charge in [-0.05, 0) is 0 Å². The number of carboxylic acids is 2. The predicted molar refractivity (Wildman–Crippen MR) is 30.2 cm³/mol. The summed E-state index contributed by atoms with van der Waals surface area (Å²) in [7, 11) is 0. The van der Waals surface area contributed by atoms with E-state index in [-0.39, 0.29) is 62.6 Å². The molecule has 0 aliphatic heterocycles. The van der Waals surface area contributed by atoms with Crippen LogP contribution in [0, 0.1) is 0 Å². The first-order valence-electron chi connectivity index (χ1n) is 1.77. The van der Waals surface area contributed by atoms with Crippen molar-refractivity contribution in [3.63, 3.8) is 0 Å². The van der Waals surface area contributed by atoms with Crippen molar-refractivity contribution in [2.24, 2.45) is 0 Å². The zero-order valence-corrected chi connectivity index (χ0v) is 9.05. The molecule has 7 heteroatoms. The van der Waals surface area contributed by atoms with Crippen molar-refractivity contribution in [1.29, 1.82) is 0 Å². The van der Waals surface area contributed by atoms with Gasteiger partial charge in [-0.15, -0.1) is 0 Å². The van der Waals surface area contributed by atoms with Gasteiger partial charge in [-0.25, -0.2) is 9.59 Å². The molecule has 0 radical (unpaired) electrons. The molecule has 0 aliphatic carbocycles. The van der Waals surface area contributed by atoms with Crippen LogP contribution in [0.2, 0.25) is 0 Å². The van der Waals surface area contributed by atoms with Gasteiger partial charge in [0.05, 0.1) is 0 Å². The zero-order chi connectivity index (χ0) is 6.57. The normalized spacial score (nSPS) is 6.91. The molecular weight excluding hydrogens is 223 g/mol. The zero-order valence-electron chi connectivity index (χ0n) is 5.33. The monoisotopic (exact) mass is 226 g/mol. The summed E-state index contributed by atoms with van der Waals surface area (Å²) in [6, 6.07) is 0. The molecule has 0 fully saturated rings. The molecule has 0 spiro atoms. The minimum Gasteiger partial charge on any atom is -1.00 e. The van der Waals surface area contributed by atoms with E-state index in [4.69, 9.17) is 10.2 Å². The first-order chi connectivity index (χ1) is 3.63. The van der Waals surface area contributed by atoms with Gasteiger partial charge in [-0.3, -0.25) is 0 Å². The first kappa shape index (κ1) is 22.5. The number of aliphatic carboxylic acids is 2. The summed E-state index contributed by atoms with van der Waals surface area (Å²) in [6.45, 7) is 0. The van der Waals surface area contributed by atoms with Crippen LogP contribution in [0.25, 0.3) is 0 Å². The van der Waals surface area contributed by atoms with Gasteiger partial charge in [0, 0.05) is 12.2 Å². The molecule has 0 bridgehead atoms. The molecule has 2 N–H and O–H groups in total. The molecule has 0 saturated heterocycles. The minimum atomic E-state index is -1.26. The van der Waals surface area contributed by atoms with E-state index in [1.165, 1.54) is 0 Å². The van der Waals surface area contributed by atoms with Crippen molar-refractivity contribution in [2.45, 2.75) is 0 Å². The van der Waals surface area contributed by atoms with Crippen LogP contribution >= 0.6 is 0 Å². The number of hydrogen-bond donors (Lipinski definition) is 2. The maximum atomic E-state index is 9.55. The maximum Gasteiger partial charge on any atom is 2.00 e. The summed E-state index contributed by atoms with van der Waals surface area (Å²) in [5.41, 5.74) is 0. The van der Waals surface area contributed by atoms with Crippen LogP contribution in [0.5, 0.6) is 0 Å². The second kappa shape index (κ2) is 13.1. The summed E-state index contributed by atoms with van der Waals surface area (Å²) in [4.78, 5) is 19.1. The molecule has 0 rings (SSSR count). The third-order valence-corrected chi connectivity index (χ3v) is 0.368. The van der Waals surface area contributed by atoms with Crippen molar-refractivity contribution >= 4 is 49.7 Å². The fraction of sp³-hybridized carbons (Fsp3) is 0. The van der Waals surface area contributed by atoms with Crippen molar-refractivity contribution in [3.8, 4) is 0 Å². The summed E-state index contributed by atoms with van der Waals surface area (Å²) in [6.07, 6.45) is 1.12. The molecule has 0 atom stereocenters. The van der Waals surface area contributed by atoms with Crippen LogP contribution in [-0.4, -0.2) is 59.9 Å². The third-order valence-electron chi connectivity index (χ3n) is 0.368. The molecule has 0 aromatic heterocycles. The van der Waals surface area contributed by atoms with Crippen LogP contribution in [0.1, 0.15) is 0 Å². The molecule has 0 saturated carbocycles. The molecule has 60 valence electrons. The van der Waals surface area contributed by atoms with Gasteiger partial charge in [0.1, 0.15) is 0 Å². The molecule has 0 aromatic carbocycles. The average molecular weight is 227 g/mol. The van der Waals surface area contributed by atoms with E-state index in [0.29, 0.717) is 12.2 Å². The molecular formula is C4H4CaCl2O4. The van der Waals surface area contributed by atoms with Crippen molar-refractivity contribution in [3.05, 3.63) is 12.2 Å². The first-order valence-corrected chi connectivity index (χ1v) is 1.77. The van der Waals surface area contributed by atoms with Crippen molar-refractivity contribution < 1.29 is 44.6 Å². The van der Waals surface area contributed by atoms with Crippen LogP contribution < -0.4 is 24.8 Å². The second-order valence-electron chi connectivity index (χ2n) is 1.01. The van der Waals surface area contributed by atoms with Gasteiger partial charge in [-0.1, -0.05) is 0 Å². The fourth-order valence-corrected chi connectivity index (χ4v) is 0.143. The Morgan fingerprint density at radius 2 is 1.09 bits per heavy atom. The van der Waals surface area contributed by atoms with E-state index in [0.717, 1.165) is 0 Å². The Hall–Kier alpha value is 0.520. The molecule has 0 aliphatic rings. The molecule has 0 heterocycles. The standard InChI is InChI=1S/C4H4O4.Ca.2ClH/c5-3(6)1-2-4(7)8;;;/h1-2H,(H,5,6)(H,7,8);;2*1H/q;+2;;/p-2. The quantitative estimate of drug-likeness (QED) is 0.363. The molecule has 11 heavy (non-hydrogen) atoms. The molecule has 0 unspecified atom stereocenters. The van der Waals surface area contributed by atoms with E-state index < -0.39 is 11.9 Å². The van der Waals surface area contributed by atoms with Gasteiger partial charge in [0.25, 0.3) is 0 Å². The molecule has 0 aromatic rings. The van der Waals surface area contributed by atoms with Crippen LogP contribution in [0.15, 0.2) is 12.2 Å². The number of halogens is 2. The summed E-state index contributed by atoms with van der Waals surface area (Å²) in [5, 5.41) is 15.6. The van der Waals surface area contributed by atoms with Gasteiger partial charge in [0.2, 0.25) is 0 Å². The number of rotatable bonds is 2. The molecule has 4 nitrogen and oxygen atoms in total. The van der Waals surface area contributed by atoms with Crippen LogP contribution in [-0.2, 0) is 9.59 Å². The Morgan fingerprint density at radius 1 is 0.909 bits per heavy atom. The van der Waals surface area contributed by atoms with Crippen LogP contribution in [0.4, 0.5) is 0 Å². The Morgan fingerprint density at radius 3 is 1.18 bits per heavy atom. The largest absolute Gasteiger partial charge is 2.00 e. The SMILES string of the molecule is O=C(O)C=CC(=O)O.[Ca+2].[Cl-].[Cl-].